The minimum absolute atomic E-state index is 0.00635. The molecular formula is C16H21N3O4. The SMILES string of the molecule is NC(=O)CN1CCC(C(=O)NCc2ccc3c(c2)OCO3)CC1. The van der Waals surface area contributed by atoms with Gasteiger partial charge in [-0.2, -0.15) is 0 Å². The molecule has 1 aromatic carbocycles. The average Bonchev–Trinajstić information content (AvgIpc) is 3.00. The smallest absolute Gasteiger partial charge is 0.231 e. The van der Waals surface area contributed by atoms with Crippen LogP contribution in [0.1, 0.15) is 18.4 Å². The molecule has 124 valence electrons. The fourth-order valence-corrected chi connectivity index (χ4v) is 2.96. The van der Waals surface area contributed by atoms with Gasteiger partial charge in [-0.1, -0.05) is 6.07 Å². The molecule has 1 fully saturated rings. The second-order valence-electron chi connectivity index (χ2n) is 5.92. The summed E-state index contributed by atoms with van der Waals surface area (Å²) in [7, 11) is 0. The number of piperidine rings is 1. The Kier molecular flexibility index (Phi) is 4.66. The summed E-state index contributed by atoms with van der Waals surface area (Å²) >= 11 is 0. The van der Waals surface area contributed by atoms with E-state index in [1.54, 1.807) is 0 Å². The molecule has 0 spiro atoms. The third-order valence-corrected chi connectivity index (χ3v) is 4.24. The lowest BCUT2D eigenvalue weighted by atomic mass is 9.96. The first kappa shape index (κ1) is 15.6. The minimum Gasteiger partial charge on any atom is -0.454 e. The molecule has 0 unspecified atom stereocenters. The molecule has 7 heteroatoms. The molecule has 1 aromatic rings. The van der Waals surface area contributed by atoms with Crippen molar-refractivity contribution in [2.24, 2.45) is 11.7 Å². The second kappa shape index (κ2) is 6.87. The van der Waals surface area contributed by atoms with Crippen LogP contribution in [0.15, 0.2) is 18.2 Å². The van der Waals surface area contributed by atoms with Crippen LogP contribution >= 0.6 is 0 Å². The number of nitrogens with zero attached hydrogens (tertiary/aromatic N) is 1. The van der Waals surface area contributed by atoms with E-state index in [1.165, 1.54) is 0 Å². The van der Waals surface area contributed by atoms with Gasteiger partial charge < -0.3 is 20.5 Å². The lowest BCUT2D eigenvalue weighted by Gasteiger charge is -2.30. The highest BCUT2D eigenvalue weighted by Crippen LogP contribution is 2.32. The summed E-state index contributed by atoms with van der Waals surface area (Å²) < 4.78 is 10.6. The number of ether oxygens (including phenoxy) is 2. The Balaban J connectivity index is 1.46. The van der Waals surface area contributed by atoms with Crippen LogP contribution in [-0.4, -0.2) is 43.1 Å². The highest BCUT2D eigenvalue weighted by molar-refractivity contribution is 5.79. The average molecular weight is 319 g/mol. The molecule has 2 aliphatic heterocycles. The summed E-state index contributed by atoms with van der Waals surface area (Å²) in [6.07, 6.45) is 1.50. The van der Waals surface area contributed by atoms with Crippen LogP contribution in [0.25, 0.3) is 0 Å². The molecule has 7 nitrogen and oxygen atoms in total. The standard InChI is InChI=1S/C16H21N3O4/c17-15(20)9-19-5-3-12(4-6-19)16(21)18-8-11-1-2-13-14(7-11)23-10-22-13/h1-2,7,12H,3-6,8-10H2,(H2,17,20)(H,18,21). The van der Waals surface area contributed by atoms with Gasteiger partial charge in [-0.15, -0.1) is 0 Å². The topological polar surface area (TPSA) is 93.9 Å². The lowest BCUT2D eigenvalue weighted by Crippen LogP contribution is -2.43. The molecule has 0 radical (unpaired) electrons. The first-order valence-electron chi connectivity index (χ1n) is 7.79. The third kappa shape index (κ3) is 3.92. The van der Waals surface area contributed by atoms with Crippen LogP contribution in [0.2, 0.25) is 0 Å². The zero-order chi connectivity index (χ0) is 16.2. The van der Waals surface area contributed by atoms with Gasteiger partial charge >= 0.3 is 0 Å². The number of hydrogen-bond donors (Lipinski definition) is 2. The van der Waals surface area contributed by atoms with Crippen LogP contribution in [0, 0.1) is 5.92 Å². The largest absolute Gasteiger partial charge is 0.454 e. The molecular weight excluding hydrogens is 298 g/mol. The molecule has 0 bridgehead atoms. The highest BCUT2D eigenvalue weighted by Gasteiger charge is 2.25. The van der Waals surface area contributed by atoms with Crippen molar-refractivity contribution < 1.29 is 19.1 Å². The Morgan fingerprint density at radius 3 is 2.70 bits per heavy atom. The molecule has 2 amide bonds. The quantitative estimate of drug-likeness (QED) is 0.810. The number of benzene rings is 1. The predicted molar refractivity (Wildman–Crippen MR) is 82.8 cm³/mol. The van der Waals surface area contributed by atoms with Crippen LogP contribution in [0.3, 0.4) is 0 Å². The number of rotatable bonds is 5. The van der Waals surface area contributed by atoms with Gasteiger partial charge in [0.1, 0.15) is 0 Å². The predicted octanol–water partition coefficient (Wildman–Crippen LogP) is 0.229. The summed E-state index contributed by atoms with van der Waals surface area (Å²) in [4.78, 5) is 25.2. The third-order valence-electron chi connectivity index (χ3n) is 4.24. The maximum Gasteiger partial charge on any atom is 0.231 e. The Morgan fingerprint density at radius 2 is 1.96 bits per heavy atom. The maximum atomic E-state index is 12.3. The molecule has 3 rings (SSSR count). The Labute approximate surface area is 134 Å². The lowest BCUT2D eigenvalue weighted by molar-refractivity contribution is -0.126. The van der Waals surface area contributed by atoms with Crippen LogP contribution < -0.4 is 20.5 Å². The van der Waals surface area contributed by atoms with E-state index in [1.807, 2.05) is 23.1 Å². The molecule has 2 aliphatic rings. The summed E-state index contributed by atoms with van der Waals surface area (Å²) in [5.41, 5.74) is 6.17. The van der Waals surface area contributed by atoms with Crippen molar-refractivity contribution in [1.29, 1.82) is 0 Å². The van der Waals surface area contributed by atoms with E-state index < -0.39 is 0 Å². The highest BCUT2D eigenvalue weighted by atomic mass is 16.7. The van der Waals surface area contributed by atoms with E-state index in [4.69, 9.17) is 15.2 Å². The number of amides is 2. The van der Waals surface area contributed by atoms with Gasteiger partial charge in [-0.3, -0.25) is 14.5 Å². The van der Waals surface area contributed by atoms with Gasteiger partial charge in [0, 0.05) is 12.5 Å². The maximum absolute atomic E-state index is 12.3. The number of nitrogens with one attached hydrogen (secondary N) is 1. The van der Waals surface area contributed by atoms with Crippen LogP contribution in [0.4, 0.5) is 0 Å². The number of nitrogens with two attached hydrogens (primary N) is 1. The Morgan fingerprint density at radius 1 is 1.22 bits per heavy atom. The van der Waals surface area contributed by atoms with Gasteiger partial charge in [0.05, 0.1) is 6.54 Å². The summed E-state index contributed by atoms with van der Waals surface area (Å²) in [6.45, 7) is 2.44. The van der Waals surface area contributed by atoms with Gasteiger partial charge in [-0.05, 0) is 43.6 Å². The van der Waals surface area contributed by atoms with Crippen molar-refractivity contribution >= 4 is 11.8 Å². The molecule has 0 aromatic heterocycles. The number of hydrogen-bond acceptors (Lipinski definition) is 5. The zero-order valence-corrected chi connectivity index (χ0v) is 12.9. The van der Waals surface area contributed by atoms with Gasteiger partial charge in [-0.25, -0.2) is 0 Å². The molecule has 1 saturated heterocycles. The number of carbonyl (C=O) groups excluding carboxylic acids is 2. The van der Waals surface area contributed by atoms with Crippen LogP contribution in [0.5, 0.6) is 11.5 Å². The molecule has 0 atom stereocenters. The van der Waals surface area contributed by atoms with Crippen molar-refractivity contribution in [2.45, 2.75) is 19.4 Å². The number of fused-ring (bicyclic) bond motifs is 1. The van der Waals surface area contributed by atoms with E-state index in [0.717, 1.165) is 43.0 Å². The number of carbonyl (C=O) groups is 2. The van der Waals surface area contributed by atoms with Crippen molar-refractivity contribution in [1.82, 2.24) is 10.2 Å². The summed E-state index contributed by atoms with van der Waals surface area (Å²) in [5, 5.41) is 2.97. The van der Waals surface area contributed by atoms with E-state index in [-0.39, 0.29) is 31.1 Å². The van der Waals surface area contributed by atoms with E-state index >= 15 is 0 Å². The fraction of sp³-hybridized carbons (Fsp3) is 0.500. The number of likely N-dealkylation sites (tertiary alicyclic amines) is 1. The van der Waals surface area contributed by atoms with Gasteiger partial charge in [0.15, 0.2) is 11.5 Å². The van der Waals surface area contributed by atoms with Gasteiger partial charge in [0.25, 0.3) is 0 Å². The van der Waals surface area contributed by atoms with Crippen molar-refractivity contribution in [3.63, 3.8) is 0 Å². The van der Waals surface area contributed by atoms with Crippen molar-refractivity contribution in [2.75, 3.05) is 26.4 Å². The van der Waals surface area contributed by atoms with E-state index in [0.29, 0.717) is 6.54 Å². The first-order chi connectivity index (χ1) is 11.1. The number of primary amides is 1. The summed E-state index contributed by atoms with van der Waals surface area (Å²) in [5.74, 6) is 1.18. The molecule has 0 saturated carbocycles. The van der Waals surface area contributed by atoms with Gasteiger partial charge in [0.2, 0.25) is 18.6 Å². The Bertz CT molecular complexity index is 597. The minimum atomic E-state index is -0.323. The first-order valence-corrected chi connectivity index (χ1v) is 7.79. The molecule has 2 heterocycles. The zero-order valence-electron chi connectivity index (χ0n) is 12.9. The molecule has 0 aliphatic carbocycles. The fourth-order valence-electron chi connectivity index (χ4n) is 2.96. The Hall–Kier alpha value is -2.28. The monoisotopic (exact) mass is 319 g/mol. The second-order valence-corrected chi connectivity index (χ2v) is 5.92. The van der Waals surface area contributed by atoms with E-state index in [2.05, 4.69) is 5.32 Å². The normalized spacial score (nSPS) is 17.9. The van der Waals surface area contributed by atoms with Crippen molar-refractivity contribution in [3.8, 4) is 11.5 Å². The molecule has 23 heavy (non-hydrogen) atoms. The van der Waals surface area contributed by atoms with Crippen molar-refractivity contribution in [3.05, 3.63) is 23.8 Å². The molecule has 3 N–H and O–H groups in total. The van der Waals surface area contributed by atoms with Crippen LogP contribution in [-0.2, 0) is 16.1 Å². The summed E-state index contributed by atoms with van der Waals surface area (Å²) in [6, 6.07) is 5.66. The van der Waals surface area contributed by atoms with E-state index in [9.17, 15) is 9.59 Å².